The highest BCUT2D eigenvalue weighted by Crippen LogP contribution is 2.41. The topological polar surface area (TPSA) is 52.6 Å². The van der Waals surface area contributed by atoms with Gasteiger partial charge in [0.2, 0.25) is 0 Å². The van der Waals surface area contributed by atoms with E-state index in [1.165, 1.54) is 0 Å². The molecule has 0 aromatic carbocycles. The minimum absolute atomic E-state index is 0.120. The molecule has 16 heavy (non-hydrogen) atoms. The molecule has 0 N–H and O–H groups in total. The molecule has 0 spiro atoms. The predicted molar refractivity (Wildman–Crippen MR) is 58.7 cm³/mol. The molecule has 0 aromatic heterocycles. The Morgan fingerprint density at radius 1 is 1.19 bits per heavy atom. The molecule has 0 bridgehead atoms. The SMILES string of the molecule is CC1CCC(C2CC3CCOC3O2)S1(=O)=O. The van der Waals surface area contributed by atoms with E-state index in [4.69, 9.17) is 9.47 Å². The first-order valence-corrected chi connectivity index (χ1v) is 7.70. The maximum atomic E-state index is 12.1. The molecule has 3 aliphatic rings. The molecule has 3 saturated heterocycles. The number of fused-ring (bicyclic) bond motifs is 1. The minimum atomic E-state index is -2.96. The van der Waals surface area contributed by atoms with E-state index in [2.05, 4.69) is 0 Å². The summed E-state index contributed by atoms with van der Waals surface area (Å²) in [4.78, 5) is 0. The van der Waals surface area contributed by atoms with Crippen molar-refractivity contribution in [2.24, 2.45) is 5.92 Å². The monoisotopic (exact) mass is 246 g/mol. The van der Waals surface area contributed by atoms with Gasteiger partial charge in [-0.1, -0.05) is 0 Å². The van der Waals surface area contributed by atoms with Gasteiger partial charge in [0.05, 0.1) is 23.2 Å². The molecule has 0 amide bonds. The molecule has 3 heterocycles. The fourth-order valence-corrected chi connectivity index (χ4v) is 5.30. The molecule has 5 heteroatoms. The van der Waals surface area contributed by atoms with Gasteiger partial charge in [-0.05, 0) is 32.6 Å². The van der Waals surface area contributed by atoms with E-state index in [9.17, 15) is 8.42 Å². The van der Waals surface area contributed by atoms with Crippen LogP contribution in [0.15, 0.2) is 0 Å². The molecule has 3 rings (SSSR count). The highest BCUT2D eigenvalue weighted by Gasteiger charge is 2.49. The average Bonchev–Trinajstić information content (AvgIpc) is 2.81. The number of ether oxygens (including phenoxy) is 2. The molecular formula is C11H18O4S. The number of hydrogen-bond donors (Lipinski definition) is 0. The number of hydrogen-bond acceptors (Lipinski definition) is 4. The molecule has 0 aromatic rings. The van der Waals surface area contributed by atoms with Gasteiger partial charge in [0.15, 0.2) is 16.1 Å². The summed E-state index contributed by atoms with van der Waals surface area (Å²) in [6.45, 7) is 2.57. The van der Waals surface area contributed by atoms with E-state index >= 15 is 0 Å². The van der Waals surface area contributed by atoms with Crippen molar-refractivity contribution in [1.82, 2.24) is 0 Å². The van der Waals surface area contributed by atoms with Crippen molar-refractivity contribution >= 4 is 9.84 Å². The first-order valence-electron chi connectivity index (χ1n) is 6.09. The van der Waals surface area contributed by atoms with Crippen molar-refractivity contribution < 1.29 is 17.9 Å². The van der Waals surface area contributed by atoms with E-state index in [0.717, 1.165) is 32.3 Å². The Balaban J connectivity index is 1.76. The van der Waals surface area contributed by atoms with Gasteiger partial charge in [-0.2, -0.15) is 0 Å². The van der Waals surface area contributed by atoms with Crippen LogP contribution in [0.5, 0.6) is 0 Å². The summed E-state index contributed by atoms with van der Waals surface area (Å²) >= 11 is 0. The van der Waals surface area contributed by atoms with Gasteiger partial charge in [-0.3, -0.25) is 0 Å². The fourth-order valence-electron chi connectivity index (χ4n) is 3.18. The third kappa shape index (κ3) is 1.52. The third-order valence-electron chi connectivity index (χ3n) is 4.25. The third-order valence-corrected chi connectivity index (χ3v) is 7.00. The Hall–Kier alpha value is -0.130. The molecule has 4 nitrogen and oxygen atoms in total. The number of sulfone groups is 1. The van der Waals surface area contributed by atoms with Crippen LogP contribution in [0.3, 0.4) is 0 Å². The zero-order valence-corrected chi connectivity index (χ0v) is 10.3. The molecule has 0 radical (unpaired) electrons. The largest absolute Gasteiger partial charge is 0.352 e. The fraction of sp³-hybridized carbons (Fsp3) is 1.00. The summed E-state index contributed by atoms with van der Waals surface area (Å²) in [6.07, 6.45) is 3.17. The maximum Gasteiger partial charge on any atom is 0.160 e. The quantitative estimate of drug-likeness (QED) is 0.695. The summed E-state index contributed by atoms with van der Waals surface area (Å²) in [5.41, 5.74) is 0. The van der Waals surface area contributed by atoms with Gasteiger partial charge in [0.25, 0.3) is 0 Å². The second-order valence-electron chi connectivity index (χ2n) is 5.21. The molecule has 3 aliphatic heterocycles. The van der Waals surface area contributed by atoms with Crippen molar-refractivity contribution in [3.8, 4) is 0 Å². The molecule has 0 aliphatic carbocycles. The standard InChI is InChI=1S/C11H18O4S/c1-7-2-3-10(16(7,12)13)9-6-8-4-5-14-11(8)15-9/h7-11H,2-6H2,1H3. The van der Waals surface area contributed by atoms with Gasteiger partial charge in [-0.25, -0.2) is 8.42 Å². The predicted octanol–water partition coefficient (Wildman–Crippen LogP) is 1.10. The van der Waals surface area contributed by atoms with Crippen molar-refractivity contribution in [2.45, 2.75) is 55.5 Å². The van der Waals surface area contributed by atoms with E-state index in [1.54, 1.807) is 0 Å². The minimum Gasteiger partial charge on any atom is -0.352 e. The first kappa shape index (κ1) is 11.0. The maximum absolute atomic E-state index is 12.1. The van der Waals surface area contributed by atoms with Gasteiger partial charge in [0.1, 0.15) is 0 Å². The van der Waals surface area contributed by atoms with E-state index in [1.807, 2.05) is 6.92 Å². The van der Waals surface area contributed by atoms with Crippen LogP contribution >= 0.6 is 0 Å². The zero-order chi connectivity index (χ0) is 11.3. The number of rotatable bonds is 1. The summed E-state index contributed by atoms with van der Waals surface area (Å²) in [5.74, 6) is 0.427. The Morgan fingerprint density at radius 2 is 2.00 bits per heavy atom. The van der Waals surface area contributed by atoms with Crippen LogP contribution in [-0.4, -0.2) is 37.9 Å². The van der Waals surface area contributed by atoms with E-state index in [0.29, 0.717) is 5.92 Å². The Morgan fingerprint density at radius 3 is 2.62 bits per heavy atom. The second-order valence-corrected chi connectivity index (χ2v) is 7.80. The van der Waals surface area contributed by atoms with Crippen LogP contribution in [0, 0.1) is 5.92 Å². The van der Waals surface area contributed by atoms with Crippen LogP contribution in [0.1, 0.15) is 32.6 Å². The van der Waals surface area contributed by atoms with Crippen LogP contribution < -0.4 is 0 Å². The molecule has 5 unspecified atom stereocenters. The van der Waals surface area contributed by atoms with Gasteiger partial charge in [0, 0.05) is 5.92 Å². The Bertz CT molecular complexity index is 365. The van der Waals surface area contributed by atoms with Crippen molar-refractivity contribution in [1.29, 1.82) is 0 Å². The molecule has 0 saturated carbocycles. The van der Waals surface area contributed by atoms with Gasteiger partial charge in [-0.15, -0.1) is 0 Å². The van der Waals surface area contributed by atoms with E-state index < -0.39 is 9.84 Å². The van der Waals surface area contributed by atoms with Crippen molar-refractivity contribution in [2.75, 3.05) is 6.61 Å². The average molecular weight is 246 g/mol. The zero-order valence-electron chi connectivity index (χ0n) is 9.46. The van der Waals surface area contributed by atoms with Crippen molar-refractivity contribution in [3.05, 3.63) is 0 Å². The van der Waals surface area contributed by atoms with Crippen LogP contribution in [-0.2, 0) is 19.3 Å². The highest BCUT2D eigenvalue weighted by atomic mass is 32.2. The van der Waals surface area contributed by atoms with E-state index in [-0.39, 0.29) is 22.9 Å². The lowest BCUT2D eigenvalue weighted by Crippen LogP contribution is -2.33. The Kier molecular flexibility index (Phi) is 2.53. The first-order chi connectivity index (χ1) is 7.59. The Labute approximate surface area is 96.2 Å². The summed E-state index contributed by atoms with van der Waals surface area (Å²) in [6, 6.07) is 0. The molecule has 5 atom stereocenters. The molecule has 92 valence electrons. The van der Waals surface area contributed by atoms with Crippen LogP contribution in [0.2, 0.25) is 0 Å². The lowest BCUT2D eigenvalue weighted by Gasteiger charge is -2.19. The van der Waals surface area contributed by atoms with Gasteiger partial charge >= 0.3 is 0 Å². The van der Waals surface area contributed by atoms with Crippen LogP contribution in [0.25, 0.3) is 0 Å². The van der Waals surface area contributed by atoms with Crippen molar-refractivity contribution in [3.63, 3.8) is 0 Å². The van der Waals surface area contributed by atoms with Gasteiger partial charge < -0.3 is 9.47 Å². The summed E-state index contributed by atoms with van der Waals surface area (Å²) < 4.78 is 35.4. The molecular weight excluding hydrogens is 228 g/mol. The second kappa shape index (κ2) is 3.68. The summed E-state index contributed by atoms with van der Waals surface area (Å²) in [5, 5.41) is -0.473. The highest BCUT2D eigenvalue weighted by molar-refractivity contribution is 7.92. The molecule has 3 fully saturated rings. The smallest absolute Gasteiger partial charge is 0.160 e. The lowest BCUT2D eigenvalue weighted by atomic mass is 10.00. The normalized spacial score (nSPS) is 50.7. The summed E-state index contributed by atoms with van der Waals surface area (Å²) in [7, 11) is -2.96. The van der Waals surface area contributed by atoms with Crippen LogP contribution in [0.4, 0.5) is 0 Å². The lowest BCUT2D eigenvalue weighted by molar-refractivity contribution is -0.116.